The average molecular weight is 334 g/mol. The van der Waals surface area contributed by atoms with Gasteiger partial charge in [0.05, 0.1) is 22.9 Å². The highest BCUT2D eigenvalue weighted by Gasteiger charge is 2.41. The lowest BCUT2D eigenvalue weighted by atomic mass is 9.89. The molecule has 0 radical (unpaired) electrons. The fraction of sp³-hybridized carbons (Fsp3) is 0.462. The SMILES string of the molecule is COc1ccc(S(=O)(=O)N2CC(C(C)C(=O)O)C2)cc1Cl. The van der Waals surface area contributed by atoms with Gasteiger partial charge in [0.15, 0.2) is 0 Å². The third-order valence-corrected chi connectivity index (χ3v) is 5.86. The van der Waals surface area contributed by atoms with Crippen molar-refractivity contribution in [3.05, 3.63) is 23.2 Å². The molecule has 1 heterocycles. The second-order valence-corrected chi connectivity index (χ2v) is 7.35. The molecule has 116 valence electrons. The first-order valence-corrected chi connectivity index (χ1v) is 8.15. The molecule has 0 aliphatic carbocycles. The fourth-order valence-electron chi connectivity index (χ4n) is 2.14. The Bertz CT molecular complexity index is 655. The van der Waals surface area contributed by atoms with E-state index in [1.165, 1.54) is 29.6 Å². The minimum Gasteiger partial charge on any atom is -0.495 e. The first-order chi connectivity index (χ1) is 9.77. The molecule has 21 heavy (non-hydrogen) atoms. The summed E-state index contributed by atoms with van der Waals surface area (Å²) in [5.74, 6) is -1.23. The van der Waals surface area contributed by atoms with Gasteiger partial charge in [-0.3, -0.25) is 4.79 Å². The van der Waals surface area contributed by atoms with E-state index >= 15 is 0 Å². The van der Waals surface area contributed by atoms with Gasteiger partial charge in [-0.1, -0.05) is 18.5 Å². The Morgan fingerprint density at radius 1 is 1.48 bits per heavy atom. The molecule has 1 aliphatic rings. The number of carboxylic acids is 1. The van der Waals surface area contributed by atoms with E-state index in [4.69, 9.17) is 21.4 Å². The number of sulfonamides is 1. The van der Waals surface area contributed by atoms with Crippen molar-refractivity contribution in [1.29, 1.82) is 0 Å². The molecule has 0 spiro atoms. The van der Waals surface area contributed by atoms with Crippen LogP contribution in [0.15, 0.2) is 23.1 Å². The second kappa shape index (κ2) is 5.82. The Kier molecular flexibility index (Phi) is 4.46. The lowest BCUT2D eigenvalue weighted by molar-refractivity contribution is -0.144. The third kappa shape index (κ3) is 3.00. The maximum Gasteiger partial charge on any atom is 0.306 e. The van der Waals surface area contributed by atoms with Crippen molar-refractivity contribution in [2.75, 3.05) is 20.2 Å². The summed E-state index contributed by atoms with van der Waals surface area (Å²) in [4.78, 5) is 11.0. The second-order valence-electron chi connectivity index (χ2n) is 5.01. The normalized spacial score (nSPS) is 18.0. The number of halogens is 1. The minimum atomic E-state index is -3.64. The van der Waals surface area contributed by atoms with Crippen LogP contribution >= 0.6 is 11.6 Å². The van der Waals surface area contributed by atoms with E-state index in [1.807, 2.05) is 0 Å². The van der Waals surface area contributed by atoms with Crippen molar-refractivity contribution in [3.8, 4) is 5.75 Å². The lowest BCUT2D eigenvalue weighted by Crippen LogP contribution is -2.53. The molecular weight excluding hydrogens is 318 g/mol. The van der Waals surface area contributed by atoms with E-state index in [0.29, 0.717) is 5.75 Å². The van der Waals surface area contributed by atoms with Gasteiger partial charge >= 0.3 is 5.97 Å². The largest absolute Gasteiger partial charge is 0.495 e. The Labute approximate surface area is 128 Å². The van der Waals surface area contributed by atoms with E-state index in [2.05, 4.69) is 0 Å². The van der Waals surface area contributed by atoms with Crippen LogP contribution in [0.25, 0.3) is 0 Å². The zero-order valence-electron chi connectivity index (χ0n) is 11.6. The summed E-state index contributed by atoms with van der Waals surface area (Å²) in [6.45, 7) is 2.00. The Hall–Kier alpha value is -1.31. The molecular formula is C13H16ClNO5S. The summed E-state index contributed by atoms with van der Waals surface area (Å²) >= 11 is 5.94. The van der Waals surface area contributed by atoms with E-state index in [0.717, 1.165) is 0 Å². The van der Waals surface area contributed by atoms with Crippen molar-refractivity contribution < 1.29 is 23.1 Å². The van der Waals surface area contributed by atoms with Gasteiger partial charge in [-0.2, -0.15) is 4.31 Å². The third-order valence-electron chi connectivity index (χ3n) is 3.73. The Morgan fingerprint density at radius 2 is 2.10 bits per heavy atom. The molecule has 0 aromatic heterocycles. The molecule has 1 fully saturated rings. The summed E-state index contributed by atoms with van der Waals surface area (Å²) in [6.07, 6.45) is 0. The molecule has 6 nitrogen and oxygen atoms in total. The van der Waals surface area contributed by atoms with Crippen molar-refractivity contribution in [2.45, 2.75) is 11.8 Å². The van der Waals surface area contributed by atoms with Crippen LogP contribution in [-0.4, -0.2) is 44.0 Å². The number of aliphatic carboxylic acids is 1. The number of rotatable bonds is 5. The number of carbonyl (C=O) groups is 1. The van der Waals surface area contributed by atoms with Gasteiger partial charge in [0.25, 0.3) is 0 Å². The van der Waals surface area contributed by atoms with Crippen molar-refractivity contribution in [2.24, 2.45) is 11.8 Å². The van der Waals surface area contributed by atoms with Gasteiger partial charge in [0.2, 0.25) is 10.0 Å². The zero-order valence-corrected chi connectivity index (χ0v) is 13.2. The standard InChI is InChI=1S/C13H16ClNO5S/c1-8(13(16)17)9-6-15(7-9)21(18,19)10-3-4-12(20-2)11(14)5-10/h3-5,8-9H,6-7H2,1-2H3,(H,16,17). The summed E-state index contributed by atoms with van der Waals surface area (Å²) in [6, 6.07) is 4.25. The first kappa shape index (κ1) is 16.1. The maximum absolute atomic E-state index is 12.4. The van der Waals surface area contributed by atoms with E-state index in [9.17, 15) is 13.2 Å². The molecule has 1 saturated heterocycles. The summed E-state index contributed by atoms with van der Waals surface area (Å²) in [5.41, 5.74) is 0. The molecule has 1 aliphatic heterocycles. The van der Waals surface area contributed by atoms with Crippen LogP contribution in [0.3, 0.4) is 0 Å². The molecule has 1 atom stereocenters. The quantitative estimate of drug-likeness (QED) is 0.886. The van der Waals surface area contributed by atoms with Crippen LogP contribution in [0.4, 0.5) is 0 Å². The first-order valence-electron chi connectivity index (χ1n) is 6.34. The van der Waals surface area contributed by atoms with Crippen LogP contribution < -0.4 is 4.74 Å². The summed E-state index contributed by atoms with van der Waals surface area (Å²) in [5, 5.41) is 9.14. The number of benzene rings is 1. The van der Waals surface area contributed by atoms with Crippen LogP contribution in [0, 0.1) is 11.8 Å². The van der Waals surface area contributed by atoms with Gasteiger partial charge in [0.1, 0.15) is 5.75 Å². The molecule has 2 rings (SSSR count). The van der Waals surface area contributed by atoms with Crippen molar-refractivity contribution in [1.82, 2.24) is 4.31 Å². The predicted molar refractivity (Wildman–Crippen MR) is 77.1 cm³/mol. The van der Waals surface area contributed by atoms with Gasteiger partial charge < -0.3 is 9.84 Å². The van der Waals surface area contributed by atoms with Crippen molar-refractivity contribution in [3.63, 3.8) is 0 Å². The van der Waals surface area contributed by atoms with Gasteiger partial charge in [0, 0.05) is 13.1 Å². The van der Waals surface area contributed by atoms with Gasteiger partial charge in [-0.25, -0.2) is 8.42 Å². The topological polar surface area (TPSA) is 83.9 Å². The van der Waals surface area contributed by atoms with Crippen LogP contribution in [-0.2, 0) is 14.8 Å². The highest BCUT2D eigenvalue weighted by molar-refractivity contribution is 7.89. The zero-order chi connectivity index (χ0) is 15.8. The average Bonchev–Trinajstić information content (AvgIpc) is 2.36. The Balaban J connectivity index is 2.14. The molecule has 0 saturated carbocycles. The lowest BCUT2D eigenvalue weighted by Gasteiger charge is -2.40. The van der Waals surface area contributed by atoms with Gasteiger partial charge in [-0.05, 0) is 24.1 Å². The molecule has 1 aromatic rings. The minimum absolute atomic E-state index is 0.0785. The smallest absolute Gasteiger partial charge is 0.306 e. The number of hydrogen-bond acceptors (Lipinski definition) is 4. The molecule has 0 amide bonds. The summed E-state index contributed by atoms with van der Waals surface area (Å²) in [7, 11) is -2.19. The maximum atomic E-state index is 12.4. The molecule has 0 bridgehead atoms. The van der Waals surface area contributed by atoms with E-state index in [1.54, 1.807) is 6.92 Å². The fourth-order valence-corrected chi connectivity index (χ4v) is 4.04. The highest BCUT2D eigenvalue weighted by Crippen LogP contribution is 2.33. The van der Waals surface area contributed by atoms with Gasteiger partial charge in [-0.15, -0.1) is 0 Å². The molecule has 1 N–H and O–H groups in total. The molecule has 1 unspecified atom stereocenters. The van der Waals surface area contributed by atoms with E-state index < -0.39 is 21.9 Å². The number of nitrogens with zero attached hydrogens (tertiary/aromatic N) is 1. The van der Waals surface area contributed by atoms with Crippen LogP contribution in [0.5, 0.6) is 5.75 Å². The molecule has 1 aromatic carbocycles. The molecule has 8 heteroatoms. The van der Waals surface area contributed by atoms with Crippen LogP contribution in [0.2, 0.25) is 5.02 Å². The van der Waals surface area contributed by atoms with Crippen LogP contribution in [0.1, 0.15) is 6.92 Å². The number of carboxylic acid groups (broad SMARTS) is 1. The number of methoxy groups -OCH3 is 1. The Morgan fingerprint density at radius 3 is 2.57 bits per heavy atom. The van der Waals surface area contributed by atoms with Crippen molar-refractivity contribution >= 4 is 27.6 Å². The van der Waals surface area contributed by atoms with E-state index in [-0.39, 0.29) is 28.9 Å². The monoisotopic (exact) mass is 333 g/mol. The predicted octanol–water partition coefficient (Wildman–Crippen LogP) is 1.69. The highest BCUT2D eigenvalue weighted by atomic mass is 35.5. The number of hydrogen-bond donors (Lipinski definition) is 1. The number of ether oxygens (including phenoxy) is 1. The summed E-state index contributed by atoms with van der Waals surface area (Å²) < 4.78 is 31.0.